The number of hydrogen-bond donors (Lipinski definition) is 1. The first-order valence-corrected chi connectivity index (χ1v) is 6.93. The highest BCUT2D eigenvalue weighted by molar-refractivity contribution is 9.10. The van der Waals surface area contributed by atoms with Gasteiger partial charge in [0.05, 0.1) is 5.02 Å². The molecule has 2 nitrogen and oxygen atoms in total. The van der Waals surface area contributed by atoms with Gasteiger partial charge in [0.25, 0.3) is 0 Å². The second-order valence-corrected chi connectivity index (χ2v) is 5.60. The molecule has 106 valence electrons. The summed E-state index contributed by atoms with van der Waals surface area (Å²) in [4.78, 5) is 0. The van der Waals surface area contributed by atoms with E-state index in [1.54, 1.807) is 18.2 Å². The maximum absolute atomic E-state index is 13.6. The molecule has 0 heterocycles. The largest absolute Gasteiger partial charge is 0.453 e. The molecule has 0 saturated carbocycles. The van der Waals surface area contributed by atoms with Crippen molar-refractivity contribution in [3.63, 3.8) is 0 Å². The lowest BCUT2D eigenvalue weighted by Crippen LogP contribution is -2.04. The topological polar surface area (TPSA) is 35.2 Å². The summed E-state index contributed by atoms with van der Waals surface area (Å²) < 4.78 is 32.6. The fourth-order valence-corrected chi connectivity index (χ4v) is 2.24. The summed E-state index contributed by atoms with van der Waals surface area (Å²) in [6.45, 7) is 1.82. The Hall–Kier alpha value is -1.17. The number of hydrogen-bond acceptors (Lipinski definition) is 2. The molecule has 0 amide bonds. The van der Waals surface area contributed by atoms with Gasteiger partial charge in [0.1, 0.15) is 5.75 Å². The van der Waals surface area contributed by atoms with Gasteiger partial charge in [-0.15, -0.1) is 0 Å². The Balaban J connectivity index is 2.35. The van der Waals surface area contributed by atoms with Crippen LogP contribution in [0.1, 0.15) is 18.5 Å². The summed E-state index contributed by atoms with van der Waals surface area (Å²) in [7, 11) is 0. The summed E-state index contributed by atoms with van der Waals surface area (Å²) in [5.41, 5.74) is 6.56. The van der Waals surface area contributed by atoms with E-state index in [0.717, 1.165) is 11.6 Å². The number of benzene rings is 2. The van der Waals surface area contributed by atoms with Gasteiger partial charge in [-0.2, -0.15) is 4.39 Å². The summed E-state index contributed by atoms with van der Waals surface area (Å²) in [6.07, 6.45) is 0. The van der Waals surface area contributed by atoms with Gasteiger partial charge in [0, 0.05) is 10.5 Å². The van der Waals surface area contributed by atoms with Crippen LogP contribution >= 0.6 is 27.5 Å². The van der Waals surface area contributed by atoms with E-state index in [2.05, 4.69) is 15.9 Å². The van der Waals surface area contributed by atoms with Crippen molar-refractivity contribution in [3.05, 3.63) is 57.0 Å². The molecule has 0 spiro atoms. The molecule has 2 aromatic carbocycles. The van der Waals surface area contributed by atoms with Gasteiger partial charge >= 0.3 is 0 Å². The Morgan fingerprint density at radius 2 is 1.90 bits per heavy atom. The lowest BCUT2D eigenvalue weighted by atomic mass is 10.1. The molecule has 0 bridgehead atoms. The molecular formula is C14H11BrClF2NO. The molecule has 1 atom stereocenters. The second-order valence-electron chi connectivity index (χ2n) is 4.28. The van der Waals surface area contributed by atoms with Gasteiger partial charge in [-0.3, -0.25) is 0 Å². The van der Waals surface area contributed by atoms with Crippen LogP contribution in [-0.4, -0.2) is 0 Å². The number of nitrogens with two attached hydrogens (primary N) is 1. The quantitative estimate of drug-likeness (QED) is 0.762. The van der Waals surface area contributed by atoms with Crippen molar-refractivity contribution >= 4 is 27.5 Å². The summed E-state index contributed by atoms with van der Waals surface area (Å²) in [5.74, 6) is -2.09. The third kappa shape index (κ3) is 3.29. The molecule has 0 aliphatic heterocycles. The average Bonchev–Trinajstić information content (AvgIpc) is 2.37. The van der Waals surface area contributed by atoms with Gasteiger partial charge in [0.2, 0.25) is 5.82 Å². The molecule has 2 rings (SSSR count). The molecule has 0 unspecified atom stereocenters. The van der Waals surface area contributed by atoms with Crippen LogP contribution in [0.4, 0.5) is 8.78 Å². The SMILES string of the molecule is C[C@@H](N)c1ccc(Oc2cc(Br)cc(F)c2F)c(Cl)c1. The average molecular weight is 363 g/mol. The predicted molar refractivity (Wildman–Crippen MR) is 78.2 cm³/mol. The standard InChI is InChI=1S/C14H11BrClF2NO/c1-7(19)8-2-3-12(10(16)4-8)20-13-6-9(15)5-11(17)14(13)18/h2-7H,19H2,1H3/t7-/m1/s1. The molecule has 0 fully saturated rings. The number of rotatable bonds is 3. The lowest BCUT2D eigenvalue weighted by Gasteiger charge is -2.12. The minimum Gasteiger partial charge on any atom is -0.453 e. The van der Waals surface area contributed by atoms with E-state index in [9.17, 15) is 8.78 Å². The zero-order valence-electron chi connectivity index (χ0n) is 10.5. The van der Waals surface area contributed by atoms with E-state index >= 15 is 0 Å². The molecular weight excluding hydrogens is 352 g/mol. The zero-order valence-corrected chi connectivity index (χ0v) is 12.8. The molecule has 20 heavy (non-hydrogen) atoms. The third-order valence-corrected chi connectivity index (χ3v) is 3.41. The lowest BCUT2D eigenvalue weighted by molar-refractivity contribution is 0.415. The monoisotopic (exact) mass is 361 g/mol. The van der Waals surface area contributed by atoms with Crippen molar-refractivity contribution in [2.75, 3.05) is 0 Å². The number of ether oxygens (including phenoxy) is 1. The van der Waals surface area contributed by atoms with Crippen molar-refractivity contribution in [1.29, 1.82) is 0 Å². The zero-order chi connectivity index (χ0) is 14.9. The molecule has 0 aromatic heterocycles. The summed E-state index contributed by atoms with van der Waals surface area (Å²) >= 11 is 9.12. The first kappa shape index (κ1) is 15.2. The van der Waals surface area contributed by atoms with Gasteiger partial charge in [-0.25, -0.2) is 4.39 Å². The number of halogens is 4. The first-order valence-electron chi connectivity index (χ1n) is 5.76. The highest BCUT2D eigenvalue weighted by Gasteiger charge is 2.14. The highest BCUT2D eigenvalue weighted by atomic mass is 79.9. The van der Waals surface area contributed by atoms with Crippen molar-refractivity contribution < 1.29 is 13.5 Å². The van der Waals surface area contributed by atoms with E-state index in [1.165, 1.54) is 6.07 Å². The fourth-order valence-electron chi connectivity index (χ4n) is 1.61. The van der Waals surface area contributed by atoms with Crippen LogP contribution in [0.15, 0.2) is 34.8 Å². The molecule has 2 N–H and O–H groups in total. The van der Waals surface area contributed by atoms with E-state index in [4.69, 9.17) is 22.1 Å². The van der Waals surface area contributed by atoms with Gasteiger partial charge < -0.3 is 10.5 Å². The maximum Gasteiger partial charge on any atom is 0.201 e. The Morgan fingerprint density at radius 3 is 2.50 bits per heavy atom. The van der Waals surface area contributed by atoms with Gasteiger partial charge in [-0.1, -0.05) is 33.6 Å². The normalized spacial score (nSPS) is 12.3. The molecule has 6 heteroatoms. The van der Waals surface area contributed by atoms with E-state index < -0.39 is 11.6 Å². The molecule has 0 aliphatic rings. The van der Waals surface area contributed by atoms with Crippen LogP contribution in [-0.2, 0) is 0 Å². The van der Waals surface area contributed by atoms with Crippen molar-refractivity contribution in [2.45, 2.75) is 13.0 Å². The van der Waals surface area contributed by atoms with E-state index in [0.29, 0.717) is 4.47 Å². The molecule has 0 saturated heterocycles. The van der Waals surface area contributed by atoms with Gasteiger partial charge in [0.15, 0.2) is 11.6 Å². The fraction of sp³-hybridized carbons (Fsp3) is 0.143. The van der Waals surface area contributed by atoms with Crippen LogP contribution < -0.4 is 10.5 Å². The highest BCUT2D eigenvalue weighted by Crippen LogP contribution is 2.34. The Morgan fingerprint density at radius 1 is 1.20 bits per heavy atom. The van der Waals surface area contributed by atoms with Gasteiger partial charge in [-0.05, 0) is 36.8 Å². The van der Waals surface area contributed by atoms with Crippen molar-refractivity contribution in [2.24, 2.45) is 5.73 Å². The van der Waals surface area contributed by atoms with E-state index in [-0.39, 0.29) is 22.6 Å². The summed E-state index contributed by atoms with van der Waals surface area (Å²) in [6, 6.07) is 7.09. The molecule has 0 radical (unpaired) electrons. The van der Waals surface area contributed by atoms with Crippen LogP contribution in [0.2, 0.25) is 5.02 Å². The third-order valence-electron chi connectivity index (χ3n) is 2.66. The second kappa shape index (κ2) is 6.08. The predicted octanol–water partition coefficient (Wildman–Crippen LogP) is 5.19. The van der Waals surface area contributed by atoms with E-state index in [1.807, 2.05) is 6.92 Å². The minimum absolute atomic E-state index is 0.179. The Labute approximate surface area is 128 Å². The minimum atomic E-state index is -1.07. The first-order chi connectivity index (χ1) is 9.38. The smallest absolute Gasteiger partial charge is 0.201 e. The van der Waals surface area contributed by atoms with Crippen molar-refractivity contribution in [1.82, 2.24) is 0 Å². The molecule has 0 aliphatic carbocycles. The van der Waals surface area contributed by atoms with Crippen LogP contribution in [0.5, 0.6) is 11.5 Å². The van der Waals surface area contributed by atoms with Crippen LogP contribution in [0.3, 0.4) is 0 Å². The molecule has 2 aromatic rings. The Kier molecular flexibility index (Phi) is 4.62. The van der Waals surface area contributed by atoms with Crippen molar-refractivity contribution in [3.8, 4) is 11.5 Å². The summed E-state index contributed by atoms with van der Waals surface area (Å²) in [5, 5.41) is 0.277. The Bertz CT molecular complexity index is 649. The van der Waals surface area contributed by atoms with Crippen LogP contribution in [0, 0.1) is 11.6 Å². The van der Waals surface area contributed by atoms with Crippen LogP contribution in [0.25, 0.3) is 0 Å². The maximum atomic E-state index is 13.6.